The molecule has 0 amide bonds. The fourth-order valence-corrected chi connectivity index (χ4v) is 3.79. The Morgan fingerprint density at radius 1 is 1.03 bits per heavy atom. The van der Waals surface area contributed by atoms with Crippen LogP contribution in [-0.2, 0) is 0 Å². The van der Waals surface area contributed by atoms with Crippen molar-refractivity contribution in [3.05, 3.63) is 48.4 Å². The number of aromatic nitrogens is 4. The number of anilines is 3. The highest BCUT2D eigenvalue weighted by Crippen LogP contribution is 2.24. The number of pyridine rings is 1. The van der Waals surface area contributed by atoms with Gasteiger partial charge in [0, 0.05) is 43.7 Å². The molecule has 2 N–H and O–H groups in total. The predicted octanol–water partition coefficient (Wildman–Crippen LogP) is 2.95. The molecule has 1 fully saturated rings. The van der Waals surface area contributed by atoms with Gasteiger partial charge in [0.05, 0.1) is 18.5 Å². The Bertz CT molecular complexity index is 1010. The minimum absolute atomic E-state index is 0.182. The molecule has 0 atom stereocenters. The van der Waals surface area contributed by atoms with E-state index >= 15 is 0 Å². The fraction of sp³-hybridized carbons (Fsp3) is 0.364. The lowest BCUT2D eigenvalue weighted by Crippen LogP contribution is -2.47. The van der Waals surface area contributed by atoms with Crippen LogP contribution in [0.2, 0.25) is 0 Å². The molecule has 4 rings (SSSR count). The third kappa shape index (κ3) is 5.84. The molecule has 3 aromatic rings. The molecule has 2 aromatic heterocycles. The third-order valence-electron chi connectivity index (χ3n) is 5.08. The van der Waals surface area contributed by atoms with E-state index in [1.54, 1.807) is 24.0 Å². The number of aryl methyl sites for hydroxylation is 1. The monoisotopic (exact) mass is 453 g/mol. The molecule has 1 aromatic carbocycles. The van der Waals surface area contributed by atoms with Gasteiger partial charge >= 0.3 is 0 Å². The lowest BCUT2D eigenvalue weighted by molar-refractivity contribution is 0.188. The summed E-state index contributed by atoms with van der Waals surface area (Å²) in [7, 11) is 0. The van der Waals surface area contributed by atoms with E-state index in [0.717, 1.165) is 37.6 Å². The lowest BCUT2D eigenvalue weighted by Gasteiger charge is -2.34. The van der Waals surface area contributed by atoms with Gasteiger partial charge in [0.2, 0.25) is 17.8 Å². The topological polar surface area (TPSA) is 99.5 Å². The van der Waals surface area contributed by atoms with Crippen molar-refractivity contribution in [1.29, 1.82) is 0 Å². The first-order chi connectivity index (χ1) is 15.6. The molecule has 0 aliphatic carbocycles. The smallest absolute Gasteiger partial charge is 0.232 e. The quantitative estimate of drug-likeness (QED) is 0.495. The fourth-order valence-electron chi connectivity index (χ4n) is 3.39. The van der Waals surface area contributed by atoms with E-state index in [1.165, 1.54) is 4.90 Å². The highest BCUT2D eigenvalue weighted by atomic mass is 32.2. The second-order valence-electron chi connectivity index (χ2n) is 7.35. The zero-order chi connectivity index (χ0) is 22.3. The van der Waals surface area contributed by atoms with Crippen LogP contribution in [-0.4, -0.2) is 75.5 Å². The van der Waals surface area contributed by atoms with Gasteiger partial charge in [0.15, 0.2) is 0 Å². The third-order valence-corrected chi connectivity index (χ3v) is 5.82. The minimum atomic E-state index is 0.182. The molecule has 1 aliphatic heterocycles. The summed E-state index contributed by atoms with van der Waals surface area (Å²) in [6, 6.07) is 11.6. The summed E-state index contributed by atoms with van der Waals surface area (Å²) in [6.07, 6.45) is 3.73. The van der Waals surface area contributed by atoms with Gasteiger partial charge in [-0.25, -0.2) is 4.98 Å². The van der Waals surface area contributed by atoms with Crippen molar-refractivity contribution >= 4 is 29.3 Å². The molecular weight excluding hydrogens is 426 g/mol. The van der Waals surface area contributed by atoms with E-state index in [1.807, 2.05) is 43.5 Å². The van der Waals surface area contributed by atoms with Crippen molar-refractivity contribution in [1.82, 2.24) is 24.8 Å². The number of ether oxygens (including phenoxy) is 1. The molecule has 1 aliphatic rings. The summed E-state index contributed by atoms with van der Waals surface area (Å²) in [5, 5.41) is 12.3. The Morgan fingerprint density at radius 2 is 1.81 bits per heavy atom. The van der Waals surface area contributed by atoms with Crippen LogP contribution in [0.5, 0.6) is 11.6 Å². The van der Waals surface area contributed by atoms with Crippen LogP contribution in [0, 0.1) is 6.92 Å². The van der Waals surface area contributed by atoms with Crippen LogP contribution in [0.3, 0.4) is 0 Å². The molecule has 10 heteroatoms. The number of benzene rings is 1. The molecule has 0 radical (unpaired) electrons. The van der Waals surface area contributed by atoms with Crippen LogP contribution in [0.4, 0.5) is 17.6 Å². The summed E-state index contributed by atoms with van der Waals surface area (Å²) in [5.74, 6) is 3.05. The number of β-amino-alcohol motifs (C(OH)–C–C–N with tert-alkyl or cyclic N) is 1. The Morgan fingerprint density at radius 3 is 2.47 bits per heavy atom. The molecule has 0 saturated carbocycles. The van der Waals surface area contributed by atoms with Crippen molar-refractivity contribution in [3.63, 3.8) is 0 Å². The molecule has 0 bridgehead atoms. The SMILES string of the molecule is CSc1ccc(Oc2ccc(Nc3nc(C)nc(N4CCN(CCO)CC4)n3)cn2)cc1. The maximum atomic E-state index is 9.11. The second-order valence-corrected chi connectivity index (χ2v) is 8.23. The van der Waals surface area contributed by atoms with Crippen molar-refractivity contribution in [3.8, 4) is 11.6 Å². The highest BCUT2D eigenvalue weighted by molar-refractivity contribution is 7.98. The van der Waals surface area contributed by atoms with Gasteiger partial charge in [0.25, 0.3) is 0 Å². The van der Waals surface area contributed by atoms with E-state index in [4.69, 9.17) is 9.84 Å². The largest absolute Gasteiger partial charge is 0.439 e. The highest BCUT2D eigenvalue weighted by Gasteiger charge is 2.19. The van der Waals surface area contributed by atoms with Gasteiger partial charge in [-0.2, -0.15) is 15.0 Å². The van der Waals surface area contributed by atoms with E-state index < -0.39 is 0 Å². The minimum Gasteiger partial charge on any atom is -0.439 e. The first kappa shape index (κ1) is 22.3. The molecular formula is C22H27N7O2S. The summed E-state index contributed by atoms with van der Waals surface area (Å²) in [4.78, 5) is 23.4. The average molecular weight is 454 g/mol. The molecule has 0 unspecified atom stereocenters. The van der Waals surface area contributed by atoms with Gasteiger partial charge < -0.3 is 20.1 Å². The molecule has 3 heterocycles. The molecule has 9 nitrogen and oxygen atoms in total. The Balaban J connectivity index is 1.39. The van der Waals surface area contributed by atoms with E-state index in [0.29, 0.717) is 30.1 Å². The van der Waals surface area contributed by atoms with Gasteiger partial charge in [-0.15, -0.1) is 11.8 Å². The Labute approximate surface area is 191 Å². The zero-order valence-corrected chi connectivity index (χ0v) is 19.0. The Hall–Kier alpha value is -2.95. The zero-order valence-electron chi connectivity index (χ0n) is 18.2. The lowest BCUT2D eigenvalue weighted by atomic mass is 10.3. The van der Waals surface area contributed by atoms with E-state index in [2.05, 4.69) is 35.1 Å². The van der Waals surface area contributed by atoms with E-state index in [9.17, 15) is 0 Å². The molecule has 168 valence electrons. The summed E-state index contributed by atoms with van der Waals surface area (Å²) in [5.41, 5.74) is 0.763. The second kappa shape index (κ2) is 10.6. The van der Waals surface area contributed by atoms with Crippen LogP contribution in [0.1, 0.15) is 5.82 Å². The Kier molecular flexibility index (Phi) is 7.35. The maximum absolute atomic E-state index is 9.11. The van der Waals surface area contributed by atoms with Crippen molar-refractivity contribution < 1.29 is 9.84 Å². The average Bonchev–Trinajstić information content (AvgIpc) is 2.81. The number of rotatable bonds is 8. The normalized spacial score (nSPS) is 14.4. The predicted molar refractivity (Wildman–Crippen MR) is 126 cm³/mol. The van der Waals surface area contributed by atoms with Crippen LogP contribution in [0.15, 0.2) is 47.5 Å². The van der Waals surface area contributed by atoms with Gasteiger partial charge in [-0.3, -0.25) is 4.90 Å². The van der Waals surface area contributed by atoms with Gasteiger partial charge in [-0.05, 0) is 43.5 Å². The summed E-state index contributed by atoms with van der Waals surface area (Å²) >= 11 is 1.69. The number of thioether (sulfide) groups is 1. The van der Waals surface area contributed by atoms with Gasteiger partial charge in [0.1, 0.15) is 11.6 Å². The van der Waals surface area contributed by atoms with Crippen LogP contribution in [0.25, 0.3) is 0 Å². The standard InChI is InChI=1S/C22H27N7O2S/c1-16-24-21(27-22(25-16)29-11-9-28(10-12-29)13-14-30)26-17-3-8-20(23-15-17)31-18-4-6-19(32-2)7-5-18/h3-8,15,30H,9-14H2,1-2H3,(H,24,25,26,27). The maximum Gasteiger partial charge on any atom is 0.232 e. The number of piperazine rings is 1. The number of aliphatic hydroxyl groups is 1. The number of nitrogens with zero attached hydrogens (tertiary/aromatic N) is 6. The molecule has 32 heavy (non-hydrogen) atoms. The van der Waals surface area contributed by atoms with Gasteiger partial charge in [-0.1, -0.05) is 0 Å². The summed E-state index contributed by atoms with van der Waals surface area (Å²) < 4.78 is 5.81. The number of hydrogen-bond donors (Lipinski definition) is 2. The number of aliphatic hydroxyl groups excluding tert-OH is 1. The first-order valence-electron chi connectivity index (χ1n) is 10.5. The summed E-state index contributed by atoms with van der Waals surface area (Å²) in [6.45, 7) is 6.12. The van der Waals surface area contributed by atoms with Crippen molar-refractivity contribution in [2.45, 2.75) is 11.8 Å². The number of hydrogen-bond acceptors (Lipinski definition) is 10. The molecule has 0 spiro atoms. The molecule has 1 saturated heterocycles. The number of nitrogens with one attached hydrogen (secondary N) is 1. The first-order valence-corrected chi connectivity index (χ1v) is 11.7. The van der Waals surface area contributed by atoms with E-state index in [-0.39, 0.29) is 6.61 Å². The van der Waals surface area contributed by atoms with Crippen molar-refractivity contribution in [2.24, 2.45) is 0 Å². The van der Waals surface area contributed by atoms with Crippen molar-refractivity contribution in [2.75, 3.05) is 55.8 Å². The van der Waals surface area contributed by atoms with Crippen LogP contribution >= 0.6 is 11.8 Å². The van der Waals surface area contributed by atoms with Crippen LogP contribution < -0.4 is 15.0 Å².